The van der Waals surface area contributed by atoms with Gasteiger partial charge in [-0.15, -0.1) is 23.2 Å². The second-order valence-electron chi connectivity index (χ2n) is 8.26. The molecule has 0 aromatic heterocycles. The zero-order valence-corrected chi connectivity index (χ0v) is 18.8. The summed E-state index contributed by atoms with van der Waals surface area (Å²) in [5, 5.41) is 0.194. The summed E-state index contributed by atoms with van der Waals surface area (Å²) in [6.45, 7) is 1.87. The largest absolute Gasteiger partial charge is 0.285 e. The van der Waals surface area contributed by atoms with Crippen LogP contribution < -0.4 is 0 Å². The van der Waals surface area contributed by atoms with E-state index in [-0.39, 0.29) is 41.6 Å². The summed E-state index contributed by atoms with van der Waals surface area (Å²) in [4.78, 5) is 58.0. The first-order chi connectivity index (χ1) is 14.8. The maximum absolute atomic E-state index is 13.2. The van der Waals surface area contributed by atoms with Gasteiger partial charge in [0.05, 0.1) is 29.8 Å². The molecule has 1 spiro atoms. The number of nitrogens with zero attached hydrogens (tertiary/aromatic N) is 4. The second-order valence-corrected chi connectivity index (χ2v) is 9.07. The van der Waals surface area contributed by atoms with Crippen molar-refractivity contribution in [1.82, 2.24) is 19.6 Å². The number of alkyl halides is 2. The third-order valence-electron chi connectivity index (χ3n) is 6.94. The van der Waals surface area contributed by atoms with Gasteiger partial charge in [-0.2, -0.15) is 0 Å². The summed E-state index contributed by atoms with van der Waals surface area (Å²) < 4.78 is 0. The summed E-state index contributed by atoms with van der Waals surface area (Å²) in [6.07, 6.45) is -0.388. The van der Waals surface area contributed by atoms with E-state index >= 15 is 0 Å². The normalized spacial score (nSPS) is 32.7. The quantitative estimate of drug-likeness (QED) is 0.476. The molecule has 1 aromatic carbocycles. The molecule has 5 rings (SSSR count). The van der Waals surface area contributed by atoms with E-state index in [1.54, 1.807) is 0 Å². The third-order valence-corrected chi connectivity index (χ3v) is 6.94. The Labute approximate surface area is 190 Å². The molecule has 1 aromatic rings. The lowest BCUT2D eigenvalue weighted by Gasteiger charge is -2.35. The summed E-state index contributed by atoms with van der Waals surface area (Å²) in [6, 6.07) is 9.93. The molecule has 0 aliphatic carbocycles. The number of fused-ring (bicyclic) bond motifs is 5. The molecule has 4 aliphatic heterocycles. The summed E-state index contributed by atoms with van der Waals surface area (Å²) in [5.74, 6) is -2.66. The molecule has 4 heterocycles. The molecule has 166 valence electrons. The topological polar surface area (TPSA) is 81.2 Å². The number of rotatable bonds is 2. The van der Waals surface area contributed by atoms with E-state index in [1.165, 1.54) is 14.1 Å². The van der Waals surface area contributed by atoms with Gasteiger partial charge in [-0.05, 0) is 5.56 Å². The molecule has 4 aliphatic rings. The number of carbonyl (C=O) groups excluding carboxylic acids is 4. The highest BCUT2D eigenvalue weighted by Gasteiger charge is 2.75. The fraction of sp³-hybridized carbons (Fsp3) is 0.524. The first kappa shape index (κ1) is 22.2. The van der Waals surface area contributed by atoms with Gasteiger partial charge in [0.15, 0.2) is 0 Å². The predicted molar refractivity (Wildman–Crippen MR) is 114 cm³/mol. The van der Waals surface area contributed by atoms with Crippen LogP contribution in [0.25, 0.3) is 0 Å². The average Bonchev–Trinajstić information content (AvgIpc) is 3.41. The Morgan fingerprint density at radius 1 is 0.968 bits per heavy atom. The minimum Gasteiger partial charge on any atom is -0.285 e. The van der Waals surface area contributed by atoms with Crippen LogP contribution in [0.3, 0.4) is 0 Å². The number of carbonyl (C=O) groups is 4. The molecule has 0 saturated carbocycles. The zero-order chi connectivity index (χ0) is 22.5. The van der Waals surface area contributed by atoms with Crippen LogP contribution in [0.4, 0.5) is 0 Å². The van der Waals surface area contributed by atoms with Gasteiger partial charge in [-0.3, -0.25) is 38.8 Å². The molecule has 4 amide bonds. The van der Waals surface area contributed by atoms with Crippen molar-refractivity contribution in [3.05, 3.63) is 35.9 Å². The summed E-state index contributed by atoms with van der Waals surface area (Å²) >= 11 is 9.53. The Morgan fingerprint density at radius 2 is 1.61 bits per heavy atom. The van der Waals surface area contributed by atoms with Crippen LogP contribution >= 0.6 is 23.2 Å². The Kier molecular flexibility index (Phi) is 5.85. The number of imide groups is 2. The molecule has 8 nitrogen and oxygen atoms in total. The molecule has 0 N–H and O–H groups in total. The number of halogens is 2. The highest BCUT2D eigenvalue weighted by molar-refractivity contribution is 6.40. The highest BCUT2D eigenvalue weighted by Crippen LogP contribution is 2.55. The monoisotopic (exact) mass is 466 g/mol. The molecule has 4 atom stereocenters. The molecule has 31 heavy (non-hydrogen) atoms. The standard InChI is InChI=1S/C20H22N4O4.CH2Cl2/c1-21-13(25)10-20(19(21)28)15-14(17(26)22(2)18(15)27)16-23(8-9-24(16)20)11-12-6-4-3-5-7-12;2-1-3/h3-7,14-16H,8-11H2,1-2H3;1H2/t14-,15-,16+,20+;/m0./s1. The van der Waals surface area contributed by atoms with Crippen molar-refractivity contribution >= 4 is 46.8 Å². The minimum absolute atomic E-state index is 0.0357. The first-order valence-corrected chi connectivity index (χ1v) is 11.2. The fourth-order valence-electron chi connectivity index (χ4n) is 5.66. The molecule has 0 unspecified atom stereocenters. The van der Waals surface area contributed by atoms with E-state index in [4.69, 9.17) is 23.2 Å². The van der Waals surface area contributed by atoms with Crippen LogP contribution in [-0.4, -0.2) is 87.5 Å². The molecule has 4 fully saturated rings. The number of amides is 4. The molecule has 4 saturated heterocycles. The van der Waals surface area contributed by atoms with Crippen molar-refractivity contribution in [3.63, 3.8) is 0 Å². The van der Waals surface area contributed by atoms with E-state index in [1.807, 2.05) is 35.2 Å². The number of hydrogen-bond donors (Lipinski definition) is 0. The van der Waals surface area contributed by atoms with Crippen LogP contribution in [0, 0.1) is 11.8 Å². The number of hydrogen-bond acceptors (Lipinski definition) is 6. The maximum atomic E-state index is 13.2. The van der Waals surface area contributed by atoms with E-state index in [0.717, 1.165) is 15.4 Å². The van der Waals surface area contributed by atoms with E-state index in [9.17, 15) is 19.2 Å². The van der Waals surface area contributed by atoms with Gasteiger partial charge in [0.25, 0.3) is 5.91 Å². The summed E-state index contributed by atoms with van der Waals surface area (Å²) in [7, 11) is 2.94. The Morgan fingerprint density at radius 3 is 2.19 bits per heavy atom. The van der Waals surface area contributed by atoms with Gasteiger partial charge in [0.2, 0.25) is 17.7 Å². The van der Waals surface area contributed by atoms with Crippen molar-refractivity contribution in [1.29, 1.82) is 0 Å². The van der Waals surface area contributed by atoms with Crippen molar-refractivity contribution in [2.75, 3.05) is 32.5 Å². The molecule has 10 heteroatoms. The fourth-order valence-corrected chi connectivity index (χ4v) is 5.66. The maximum Gasteiger partial charge on any atom is 0.250 e. The smallest absolute Gasteiger partial charge is 0.250 e. The molecule has 0 bridgehead atoms. The van der Waals surface area contributed by atoms with Gasteiger partial charge in [0.1, 0.15) is 5.54 Å². The number of benzene rings is 1. The van der Waals surface area contributed by atoms with Gasteiger partial charge >= 0.3 is 0 Å². The van der Waals surface area contributed by atoms with Gasteiger partial charge in [-0.25, -0.2) is 0 Å². The van der Waals surface area contributed by atoms with E-state index in [2.05, 4.69) is 4.90 Å². The first-order valence-electron chi connectivity index (χ1n) is 10.1. The lowest BCUT2D eigenvalue weighted by Crippen LogP contribution is -2.57. The minimum atomic E-state index is -1.23. The SMILES string of the molecule is CN1C(=O)[C@@H]2[C@@H]3N(Cc4ccccc4)CCN3[C@]3(CC(=O)N(C)C3=O)[C@@H]2C1=O.ClCCl. The molecular weight excluding hydrogens is 443 g/mol. The number of likely N-dealkylation sites (N-methyl/N-ethyl adjacent to an activating group) is 1. The molecular formula is C21H24Cl2N4O4. The zero-order valence-electron chi connectivity index (χ0n) is 17.3. The van der Waals surface area contributed by atoms with Crippen molar-refractivity contribution in [3.8, 4) is 0 Å². The van der Waals surface area contributed by atoms with Crippen LogP contribution in [0.2, 0.25) is 0 Å². The van der Waals surface area contributed by atoms with Gasteiger partial charge in [-0.1, -0.05) is 30.3 Å². The Hall–Kier alpha value is -2.00. The predicted octanol–water partition coefficient (Wildman–Crippen LogP) is 0.924. The van der Waals surface area contributed by atoms with Gasteiger partial charge < -0.3 is 0 Å². The van der Waals surface area contributed by atoms with Crippen LogP contribution in [-0.2, 0) is 25.7 Å². The Balaban J connectivity index is 0.000000730. The van der Waals surface area contributed by atoms with Crippen molar-refractivity contribution < 1.29 is 19.2 Å². The van der Waals surface area contributed by atoms with Gasteiger partial charge in [0, 0.05) is 33.7 Å². The van der Waals surface area contributed by atoms with E-state index < -0.39 is 17.4 Å². The lowest BCUT2D eigenvalue weighted by atomic mass is 9.79. The third kappa shape index (κ3) is 3.11. The second kappa shape index (κ2) is 8.16. The Bertz CT molecular complexity index is 929. The highest BCUT2D eigenvalue weighted by atomic mass is 35.5. The van der Waals surface area contributed by atoms with Crippen LogP contribution in [0.15, 0.2) is 30.3 Å². The van der Waals surface area contributed by atoms with E-state index in [0.29, 0.717) is 19.6 Å². The van der Waals surface area contributed by atoms with Crippen molar-refractivity contribution in [2.45, 2.75) is 24.7 Å². The van der Waals surface area contributed by atoms with Crippen LogP contribution in [0.5, 0.6) is 0 Å². The van der Waals surface area contributed by atoms with Crippen LogP contribution in [0.1, 0.15) is 12.0 Å². The van der Waals surface area contributed by atoms with Crippen molar-refractivity contribution in [2.24, 2.45) is 11.8 Å². The average molecular weight is 467 g/mol. The lowest BCUT2D eigenvalue weighted by molar-refractivity contribution is -0.148. The number of likely N-dealkylation sites (tertiary alicyclic amines) is 2. The summed E-state index contributed by atoms with van der Waals surface area (Å²) in [5.41, 5.74) is -0.123. The molecule has 0 radical (unpaired) electrons.